The number of hydrogen-bond acceptors (Lipinski definition) is 3. The van der Waals surface area contributed by atoms with E-state index in [0.717, 1.165) is 115 Å². The molecular weight excluding hydrogens is 1180 g/mol. The second kappa shape index (κ2) is 22.6. The molecule has 0 fully saturated rings. The first-order valence-electron chi connectivity index (χ1n) is 20.7. The molecule has 0 bridgehead atoms. The van der Waals surface area contributed by atoms with Crippen LogP contribution in [0.15, 0.2) is 191 Å². The van der Waals surface area contributed by atoms with Crippen LogP contribution in [0.1, 0.15) is 86.3 Å². The van der Waals surface area contributed by atoms with Crippen molar-refractivity contribution in [2.45, 2.75) is 38.5 Å². The molecular formula is C54H42Br6O3. The van der Waals surface area contributed by atoms with Gasteiger partial charge in [0.1, 0.15) is 0 Å². The number of benzene rings is 6. The fourth-order valence-corrected chi connectivity index (χ4v) is 9.84. The van der Waals surface area contributed by atoms with E-state index in [9.17, 15) is 14.4 Å². The molecule has 0 amide bonds. The third-order valence-corrected chi connectivity index (χ3v) is 14.6. The number of halogens is 6. The Hall–Kier alpha value is -3.57. The van der Waals surface area contributed by atoms with Crippen LogP contribution in [0.2, 0.25) is 0 Å². The van der Waals surface area contributed by atoms with Gasteiger partial charge in [-0.3, -0.25) is 14.4 Å². The Labute approximate surface area is 420 Å². The van der Waals surface area contributed by atoms with E-state index in [0.29, 0.717) is 0 Å². The first-order chi connectivity index (χ1) is 30.4. The van der Waals surface area contributed by atoms with Crippen LogP contribution in [0.25, 0.3) is 16.7 Å². The van der Waals surface area contributed by atoms with Gasteiger partial charge in [0.2, 0.25) is 0 Å². The lowest BCUT2D eigenvalue weighted by atomic mass is 9.88. The second-order valence-electron chi connectivity index (χ2n) is 15.5. The molecule has 0 saturated carbocycles. The maximum absolute atomic E-state index is 12.7. The Bertz CT molecular complexity index is 2350. The number of allylic oxidation sites excluding steroid dienone is 6. The van der Waals surface area contributed by atoms with Crippen molar-refractivity contribution in [1.82, 2.24) is 0 Å². The predicted octanol–water partition coefficient (Wildman–Crippen LogP) is 17.7. The van der Waals surface area contributed by atoms with Gasteiger partial charge in [-0.1, -0.05) is 187 Å². The lowest BCUT2D eigenvalue weighted by Gasteiger charge is -2.14. The summed E-state index contributed by atoms with van der Waals surface area (Å²) in [6.07, 6.45) is 12.2. The minimum Gasteiger partial charge on any atom is -0.293 e. The molecule has 0 aliphatic heterocycles. The van der Waals surface area contributed by atoms with Gasteiger partial charge >= 0.3 is 0 Å². The van der Waals surface area contributed by atoms with E-state index in [1.165, 1.54) is 0 Å². The van der Waals surface area contributed by atoms with Crippen LogP contribution < -0.4 is 0 Å². The molecule has 3 atom stereocenters. The standard InChI is InChI=1S/3C18H14Br2O/c3*19-14-8-4-12(5-9-14)16-2-1-3-17(16)18(21)13-6-10-15(20)11-7-13/h3*2,4-11,17H,1,3H2/t3*17-/m100/s1. The lowest BCUT2D eigenvalue weighted by Crippen LogP contribution is -2.13. The van der Waals surface area contributed by atoms with Crippen molar-refractivity contribution in [3.05, 3.63) is 224 Å². The van der Waals surface area contributed by atoms with Crippen LogP contribution in [0.5, 0.6) is 0 Å². The van der Waals surface area contributed by atoms with E-state index in [-0.39, 0.29) is 35.1 Å². The minimum absolute atomic E-state index is 0.0210. The Balaban J connectivity index is 0.000000142. The number of hydrogen-bond donors (Lipinski definition) is 0. The zero-order valence-electron chi connectivity index (χ0n) is 34.1. The average Bonchev–Trinajstić information content (AvgIpc) is 4.11. The van der Waals surface area contributed by atoms with Crippen molar-refractivity contribution in [2.24, 2.45) is 17.8 Å². The van der Waals surface area contributed by atoms with E-state index < -0.39 is 0 Å². The van der Waals surface area contributed by atoms with Gasteiger partial charge in [0, 0.05) is 61.3 Å². The van der Waals surface area contributed by atoms with E-state index in [1.807, 2.05) is 109 Å². The van der Waals surface area contributed by atoms with Crippen LogP contribution >= 0.6 is 95.6 Å². The molecule has 6 aromatic rings. The highest BCUT2D eigenvalue weighted by atomic mass is 79.9. The molecule has 63 heavy (non-hydrogen) atoms. The minimum atomic E-state index is -0.0210. The molecule has 0 radical (unpaired) electrons. The van der Waals surface area contributed by atoms with Gasteiger partial charge < -0.3 is 0 Å². The Morgan fingerprint density at radius 3 is 0.698 bits per heavy atom. The highest BCUT2D eigenvalue weighted by Crippen LogP contribution is 2.39. The third-order valence-electron chi connectivity index (χ3n) is 11.5. The summed E-state index contributed by atoms with van der Waals surface area (Å²) in [6, 6.07) is 47.5. The molecule has 0 spiro atoms. The summed E-state index contributed by atoms with van der Waals surface area (Å²) in [6.45, 7) is 0. The zero-order chi connectivity index (χ0) is 44.5. The fraction of sp³-hybridized carbons (Fsp3) is 0.167. The van der Waals surface area contributed by atoms with Crippen molar-refractivity contribution in [1.29, 1.82) is 0 Å². The summed E-state index contributed by atoms with van der Waals surface area (Å²) in [4.78, 5) is 38.2. The van der Waals surface area contributed by atoms with Gasteiger partial charge in [-0.15, -0.1) is 0 Å². The lowest BCUT2D eigenvalue weighted by molar-refractivity contribution is 0.0941. The molecule has 9 heteroatoms. The summed E-state index contributed by atoms with van der Waals surface area (Å²) in [5.41, 5.74) is 9.28. The molecule has 3 aliphatic rings. The molecule has 0 aromatic heterocycles. The molecule has 3 aliphatic carbocycles. The largest absolute Gasteiger partial charge is 0.293 e. The number of Topliss-reactive ketones (excluding diaryl/α,β-unsaturated/α-hetero) is 3. The first kappa shape index (κ1) is 47.4. The van der Waals surface area contributed by atoms with Crippen molar-refractivity contribution < 1.29 is 14.4 Å². The molecule has 0 saturated heterocycles. The molecule has 6 aromatic carbocycles. The van der Waals surface area contributed by atoms with Crippen LogP contribution in [0, 0.1) is 17.8 Å². The Morgan fingerprint density at radius 2 is 0.492 bits per heavy atom. The average molecular weight is 1220 g/mol. The predicted molar refractivity (Wildman–Crippen MR) is 280 cm³/mol. The molecule has 0 N–H and O–H groups in total. The molecule has 0 unspecified atom stereocenters. The van der Waals surface area contributed by atoms with Gasteiger partial charge in [-0.25, -0.2) is 0 Å². The first-order valence-corrected chi connectivity index (χ1v) is 25.5. The van der Waals surface area contributed by atoms with Crippen molar-refractivity contribution in [2.75, 3.05) is 0 Å². The number of rotatable bonds is 9. The normalized spacial score (nSPS) is 17.6. The summed E-state index contributed by atoms with van der Waals surface area (Å²) in [5, 5.41) is 0. The maximum atomic E-state index is 12.7. The smallest absolute Gasteiger partial charge is 0.170 e. The van der Waals surface area contributed by atoms with Crippen LogP contribution in [0.4, 0.5) is 0 Å². The van der Waals surface area contributed by atoms with E-state index >= 15 is 0 Å². The zero-order valence-corrected chi connectivity index (χ0v) is 43.6. The highest BCUT2D eigenvalue weighted by molar-refractivity contribution is 9.11. The quantitative estimate of drug-likeness (QED) is 0.136. The van der Waals surface area contributed by atoms with Gasteiger partial charge in [-0.2, -0.15) is 0 Å². The van der Waals surface area contributed by atoms with Crippen molar-refractivity contribution in [3.63, 3.8) is 0 Å². The van der Waals surface area contributed by atoms with E-state index in [1.54, 1.807) is 0 Å². The van der Waals surface area contributed by atoms with E-state index in [4.69, 9.17) is 0 Å². The van der Waals surface area contributed by atoms with E-state index in [2.05, 4.69) is 150 Å². The topological polar surface area (TPSA) is 51.2 Å². The highest BCUT2D eigenvalue weighted by Gasteiger charge is 2.30. The summed E-state index contributed by atoms with van der Waals surface area (Å²) in [7, 11) is 0. The van der Waals surface area contributed by atoms with Gasteiger partial charge in [0.05, 0.1) is 0 Å². The summed E-state index contributed by atoms with van der Waals surface area (Å²) in [5.74, 6) is 0.588. The maximum Gasteiger partial charge on any atom is 0.170 e. The summed E-state index contributed by atoms with van der Waals surface area (Å²) >= 11 is 20.6. The van der Waals surface area contributed by atoms with Crippen LogP contribution in [-0.2, 0) is 0 Å². The molecule has 3 nitrogen and oxygen atoms in total. The Morgan fingerprint density at radius 1 is 0.302 bits per heavy atom. The fourth-order valence-electron chi connectivity index (χ4n) is 8.26. The van der Waals surface area contributed by atoms with Crippen LogP contribution in [0.3, 0.4) is 0 Å². The number of carbonyl (C=O) groups is 3. The van der Waals surface area contributed by atoms with Gasteiger partial charge in [0.25, 0.3) is 0 Å². The Kier molecular flexibility index (Phi) is 17.0. The van der Waals surface area contributed by atoms with Gasteiger partial charge in [0.15, 0.2) is 17.3 Å². The van der Waals surface area contributed by atoms with Crippen molar-refractivity contribution in [3.8, 4) is 0 Å². The number of ketones is 3. The summed E-state index contributed by atoms with van der Waals surface area (Å²) < 4.78 is 6.15. The van der Waals surface area contributed by atoms with Crippen molar-refractivity contribution >= 4 is 130 Å². The SMILES string of the molecule is O=C(c1ccc(Br)cc1)[C@@H]1CCC=C1c1ccc(Br)cc1.O=C(c1ccc(Br)cc1)[C@H]1CCC=C1c1ccc(Br)cc1.O=C(c1ccc(Br)cc1)[C@H]1CCC=C1c1ccc(Br)cc1. The molecule has 9 rings (SSSR count). The van der Waals surface area contributed by atoms with Gasteiger partial charge in [-0.05, 0) is 145 Å². The van der Waals surface area contributed by atoms with Crippen LogP contribution in [-0.4, -0.2) is 17.3 Å². The second-order valence-corrected chi connectivity index (χ2v) is 21.0. The number of carbonyl (C=O) groups excluding carboxylic acids is 3. The molecule has 0 heterocycles. The third kappa shape index (κ3) is 12.4. The molecule has 318 valence electrons. The monoisotopic (exact) mass is 1210 g/mol.